The average molecular weight is 763 g/mol. The molecule has 0 N–H and O–H groups in total. The average Bonchev–Trinajstić information content (AvgIpc) is 3.69. The Kier molecular flexibility index (Phi) is 10.9. The normalized spacial score (nSPS) is 15.0. The van der Waals surface area contributed by atoms with Crippen molar-refractivity contribution in [1.82, 2.24) is 14.5 Å². The fraction of sp³-hybridized carbons (Fsp3) is 0.367. The van der Waals surface area contributed by atoms with Gasteiger partial charge in [-0.25, -0.2) is 22.5 Å². The zero-order valence-corrected chi connectivity index (χ0v) is 29.0. The van der Waals surface area contributed by atoms with Crippen LogP contribution in [-0.4, -0.2) is 53.8 Å². The number of carbonyl (C=O) groups excluding carboxylic acids is 2. The molecule has 0 spiro atoms. The number of ketones is 1. The Labute approximate surface area is 289 Å². The number of sulfone groups is 1. The molecule has 0 bridgehead atoms. The van der Waals surface area contributed by atoms with E-state index in [0.717, 1.165) is 67.2 Å². The number of methoxy groups -OCH3 is 1. The van der Waals surface area contributed by atoms with Gasteiger partial charge in [0, 0.05) is 35.7 Å². The molecule has 49 heavy (non-hydrogen) atoms. The van der Waals surface area contributed by atoms with Crippen LogP contribution in [0.2, 0.25) is 5.02 Å². The molecule has 0 atom stereocenters. The highest BCUT2D eigenvalue weighted by atomic mass is 35.5. The van der Waals surface area contributed by atoms with Crippen LogP contribution in [-0.2, 0) is 38.6 Å². The quantitative estimate of drug-likeness (QED) is 0.0914. The summed E-state index contributed by atoms with van der Waals surface area (Å²) in [5.41, 5.74) is -1.29. The molecular weight excluding hydrogens is 736 g/mol. The van der Waals surface area contributed by atoms with Gasteiger partial charge in [-0.05, 0) is 67.4 Å². The molecule has 19 heteroatoms. The molecule has 0 saturated heterocycles. The first kappa shape index (κ1) is 36.5. The Morgan fingerprint density at radius 2 is 1.84 bits per heavy atom. The summed E-state index contributed by atoms with van der Waals surface area (Å²) in [5, 5.41) is 3.75. The lowest BCUT2D eigenvalue weighted by atomic mass is 10.0. The number of aromatic nitrogens is 3. The molecule has 6 rings (SSSR count). The lowest BCUT2D eigenvalue weighted by Crippen LogP contribution is -2.31. The van der Waals surface area contributed by atoms with Gasteiger partial charge >= 0.3 is 17.0 Å². The summed E-state index contributed by atoms with van der Waals surface area (Å²) in [6, 6.07) is 4.69. The van der Waals surface area contributed by atoms with Crippen molar-refractivity contribution in [3.8, 4) is 0 Å². The molecule has 1 aliphatic heterocycles. The van der Waals surface area contributed by atoms with Crippen LogP contribution in [0.15, 0.2) is 60.6 Å². The van der Waals surface area contributed by atoms with Gasteiger partial charge in [0.2, 0.25) is 4.80 Å². The van der Waals surface area contributed by atoms with Crippen LogP contribution in [0.25, 0.3) is 0 Å². The minimum Gasteiger partial charge on any atom is -0.468 e. The zero-order valence-electron chi connectivity index (χ0n) is 25.8. The molecule has 0 unspecified atom stereocenters. The molecule has 4 aromatic rings. The van der Waals surface area contributed by atoms with Crippen molar-refractivity contribution in [2.75, 3.05) is 19.1 Å². The first-order valence-electron chi connectivity index (χ1n) is 14.5. The second-order valence-electron chi connectivity index (χ2n) is 11.0. The Balaban J connectivity index is 0.000000191. The summed E-state index contributed by atoms with van der Waals surface area (Å²) in [7, 11) is -2.74. The second kappa shape index (κ2) is 14.6. The van der Waals surface area contributed by atoms with Crippen LogP contribution in [0.5, 0.6) is 0 Å². The topological polar surface area (TPSA) is 143 Å². The Hall–Kier alpha value is -3.74. The number of ether oxygens (including phenoxy) is 1. The van der Waals surface area contributed by atoms with Crippen LogP contribution < -0.4 is 9.67 Å². The molecule has 2 aromatic heterocycles. The maximum Gasteiger partial charge on any atom is 0.416 e. The van der Waals surface area contributed by atoms with Gasteiger partial charge in [-0.2, -0.15) is 13.2 Å². The number of fused-ring (bicyclic) bond motifs is 1. The van der Waals surface area contributed by atoms with E-state index in [9.17, 15) is 40.4 Å². The summed E-state index contributed by atoms with van der Waals surface area (Å²) >= 11 is 8.17. The molecule has 2 aliphatic rings. The number of halogens is 5. The van der Waals surface area contributed by atoms with Crippen molar-refractivity contribution in [3.63, 3.8) is 0 Å². The smallest absolute Gasteiger partial charge is 0.416 e. The molecule has 1 fully saturated rings. The van der Waals surface area contributed by atoms with E-state index in [2.05, 4.69) is 14.9 Å². The van der Waals surface area contributed by atoms with Crippen LogP contribution in [0.4, 0.5) is 23.2 Å². The van der Waals surface area contributed by atoms with E-state index in [4.69, 9.17) is 16.1 Å². The van der Waals surface area contributed by atoms with Gasteiger partial charge in [0.15, 0.2) is 21.4 Å². The van der Waals surface area contributed by atoms with Crippen molar-refractivity contribution < 1.29 is 44.8 Å². The molecule has 1 saturated carbocycles. The Morgan fingerprint density at radius 3 is 2.47 bits per heavy atom. The Bertz CT molecular complexity index is 2150. The van der Waals surface area contributed by atoms with Crippen molar-refractivity contribution in [1.29, 1.82) is 0 Å². The summed E-state index contributed by atoms with van der Waals surface area (Å²) in [5.74, 6) is -1.25. The highest BCUT2D eigenvalue weighted by Gasteiger charge is 2.36. The van der Waals surface area contributed by atoms with Gasteiger partial charge in [0.25, 0.3) is 0 Å². The molecule has 3 heterocycles. The van der Waals surface area contributed by atoms with Crippen LogP contribution in [0.3, 0.4) is 0 Å². The first-order valence-corrected chi connectivity index (χ1v) is 18.6. The zero-order chi connectivity index (χ0) is 35.7. The number of benzene rings is 2. The summed E-state index contributed by atoms with van der Waals surface area (Å²) < 4.78 is 89.6. The van der Waals surface area contributed by atoms with Crippen molar-refractivity contribution in [2.45, 2.75) is 60.7 Å². The largest absolute Gasteiger partial charge is 0.468 e. The monoisotopic (exact) mass is 762 g/mol. The van der Waals surface area contributed by atoms with E-state index in [-0.39, 0.29) is 38.4 Å². The van der Waals surface area contributed by atoms with Gasteiger partial charge < -0.3 is 9.26 Å². The molecular formula is C30H27ClF4N4O7S3. The molecule has 0 amide bonds. The molecule has 11 nitrogen and oxygen atoms in total. The van der Waals surface area contributed by atoms with Crippen LogP contribution >= 0.6 is 34.7 Å². The van der Waals surface area contributed by atoms with E-state index in [1.165, 1.54) is 19.4 Å². The van der Waals surface area contributed by atoms with Gasteiger partial charge in [-0.15, -0.1) is 11.8 Å². The summed E-state index contributed by atoms with van der Waals surface area (Å²) in [4.78, 5) is 40.5. The number of carbonyl (C=O) groups is 2. The molecule has 2 aromatic carbocycles. The van der Waals surface area contributed by atoms with Crippen molar-refractivity contribution in [3.05, 3.63) is 84.3 Å². The molecule has 1 aliphatic carbocycles. The lowest BCUT2D eigenvalue weighted by molar-refractivity contribution is -0.138. The number of hydrogen-bond acceptors (Lipinski definition) is 11. The minimum absolute atomic E-state index is 0.0441. The summed E-state index contributed by atoms with van der Waals surface area (Å²) in [6.07, 6.45) is 0.751. The van der Waals surface area contributed by atoms with Crippen molar-refractivity contribution in [2.24, 2.45) is 4.99 Å². The predicted molar refractivity (Wildman–Crippen MR) is 172 cm³/mol. The van der Waals surface area contributed by atoms with Crippen molar-refractivity contribution >= 4 is 62.0 Å². The third-order valence-corrected chi connectivity index (χ3v) is 10.9. The maximum atomic E-state index is 14.3. The third-order valence-electron chi connectivity index (χ3n) is 7.43. The highest BCUT2D eigenvalue weighted by Crippen LogP contribution is 2.42. The highest BCUT2D eigenvalue weighted by molar-refractivity contribution is 8.00. The van der Waals surface area contributed by atoms with Crippen LogP contribution in [0, 0.1) is 5.82 Å². The number of alkyl halides is 3. The van der Waals surface area contributed by atoms with Gasteiger partial charge in [0.05, 0.1) is 40.1 Å². The fourth-order valence-corrected chi connectivity index (χ4v) is 7.72. The number of thioether (sulfide) groups is 1. The SMILES string of the molecule is COC(=O)CSc1cc(/N=c2\sc(=O)n3n2CCCC3)c(F)cc1Cl.CS(=O)(=O)c1cc(C(F)(F)F)ccc1C(=O)c1cnoc1C1CC1. The number of hydrogen-bond donors (Lipinski definition) is 0. The number of nitrogens with zero attached hydrogens (tertiary/aromatic N) is 4. The van der Waals surface area contributed by atoms with Gasteiger partial charge in [-0.3, -0.25) is 19.1 Å². The van der Waals surface area contributed by atoms with E-state index < -0.39 is 44.0 Å². The lowest BCUT2D eigenvalue weighted by Gasteiger charge is -2.15. The van der Waals surface area contributed by atoms with Gasteiger partial charge in [0.1, 0.15) is 11.5 Å². The molecule has 262 valence electrons. The van der Waals surface area contributed by atoms with E-state index in [1.807, 2.05) is 0 Å². The van der Waals surface area contributed by atoms with E-state index in [1.54, 1.807) is 9.36 Å². The predicted octanol–water partition coefficient (Wildman–Crippen LogP) is 6.00. The maximum absolute atomic E-state index is 14.3. The van der Waals surface area contributed by atoms with E-state index >= 15 is 0 Å². The third kappa shape index (κ3) is 8.53. The molecule has 0 radical (unpaired) electrons. The fourth-order valence-electron chi connectivity index (χ4n) is 4.83. The first-order chi connectivity index (χ1) is 23.1. The number of rotatable bonds is 8. The standard InChI is InChI=1S/C15H15ClFN3O3S2.C15H12F3NO4S/c1-23-13(21)8-24-12-7-11(10(17)6-9(12)16)18-14-19-4-2-3-5-20(19)15(22)25-14;1-24(21,22)12-6-9(15(16,17)18)4-5-10(12)13(20)11-7-19-23-14(11)8-2-3-8/h6-7H,2-5,8H2,1H3;4-8H,2-3H2,1H3/b18-14-;. The Morgan fingerprint density at radius 1 is 1.14 bits per heavy atom. The minimum atomic E-state index is -4.71. The van der Waals surface area contributed by atoms with Crippen LogP contribution in [0.1, 0.15) is 58.8 Å². The summed E-state index contributed by atoms with van der Waals surface area (Å²) in [6.45, 7) is 1.32. The van der Waals surface area contributed by atoms with Gasteiger partial charge in [-0.1, -0.05) is 16.8 Å². The number of esters is 1. The second-order valence-corrected chi connectivity index (χ2v) is 15.3. The van der Waals surface area contributed by atoms with E-state index in [0.29, 0.717) is 40.7 Å².